The Labute approximate surface area is 158 Å². The average molecular weight is 372 g/mol. The molecule has 1 atom stereocenters. The smallest absolute Gasteiger partial charge is 0.251 e. The van der Waals surface area contributed by atoms with Gasteiger partial charge >= 0.3 is 0 Å². The van der Waals surface area contributed by atoms with Crippen LogP contribution in [0.15, 0.2) is 54.6 Å². The zero-order valence-corrected chi connectivity index (χ0v) is 15.7. The maximum Gasteiger partial charge on any atom is 0.251 e. The van der Waals surface area contributed by atoms with Crippen LogP contribution in [-0.4, -0.2) is 36.4 Å². The molecule has 5 nitrogen and oxygen atoms in total. The fourth-order valence-electron chi connectivity index (χ4n) is 2.47. The van der Waals surface area contributed by atoms with E-state index in [2.05, 4.69) is 10.6 Å². The molecule has 2 aromatic carbocycles. The molecule has 6 heteroatoms. The first kappa shape index (κ1) is 19.8. The molecule has 0 spiro atoms. The van der Waals surface area contributed by atoms with Crippen LogP contribution in [0.3, 0.4) is 0 Å². The van der Waals surface area contributed by atoms with Crippen LogP contribution in [0.4, 0.5) is 5.69 Å². The van der Waals surface area contributed by atoms with E-state index in [0.717, 1.165) is 17.0 Å². The topological polar surface area (TPSA) is 84.2 Å². The summed E-state index contributed by atoms with van der Waals surface area (Å²) in [5.41, 5.74) is 8.05. The van der Waals surface area contributed by atoms with Crippen LogP contribution in [-0.2, 0) is 11.2 Å². The Hall–Kier alpha value is -2.47. The van der Waals surface area contributed by atoms with E-state index in [1.54, 1.807) is 36.0 Å². The molecule has 0 fully saturated rings. The molecule has 1 unspecified atom stereocenters. The molecule has 4 N–H and O–H groups in total. The maximum atomic E-state index is 12.5. The average Bonchev–Trinajstić information content (AvgIpc) is 2.67. The van der Waals surface area contributed by atoms with Crippen LogP contribution in [0.5, 0.6) is 0 Å². The quantitative estimate of drug-likeness (QED) is 0.591. The number of nitrogens with one attached hydrogen (secondary N) is 2. The fraction of sp³-hybridized carbons (Fsp3) is 0.300. The zero-order chi connectivity index (χ0) is 18.8. The molecular weight excluding hydrogens is 346 g/mol. The molecule has 0 heterocycles. The molecule has 0 aliphatic heterocycles. The zero-order valence-electron chi connectivity index (χ0n) is 14.9. The van der Waals surface area contributed by atoms with Crippen molar-refractivity contribution in [3.8, 4) is 0 Å². The Bertz CT molecular complexity index is 705. The van der Waals surface area contributed by atoms with Crippen LogP contribution in [0.25, 0.3) is 0 Å². The summed E-state index contributed by atoms with van der Waals surface area (Å²) in [6.45, 7) is 0.514. The van der Waals surface area contributed by atoms with Crippen LogP contribution < -0.4 is 16.4 Å². The van der Waals surface area contributed by atoms with Crippen molar-refractivity contribution in [3.05, 3.63) is 65.7 Å². The standard InChI is InChI=1S/C20H25N3O2S/c1-26-14-12-18(23-19(24)16-5-3-2-4-6-16)20(25)22-13-11-15-7-9-17(21)10-8-15/h2-10,18H,11-14,21H2,1H3,(H,22,25)(H,23,24). The van der Waals surface area contributed by atoms with Gasteiger partial charge in [-0.25, -0.2) is 0 Å². The number of anilines is 1. The van der Waals surface area contributed by atoms with Gasteiger partial charge in [0.05, 0.1) is 0 Å². The van der Waals surface area contributed by atoms with Gasteiger partial charge in [0.1, 0.15) is 6.04 Å². The van der Waals surface area contributed by atoms with Crippen molar-refractivity contribution in [2.24, 2.45) is 0 Å². The molecule has 0 radical (unpaired) electrons. The second-order valence-corrected chi connectivity index (χ2v) is 6.94. The summed E-state index contributed by atoms with van der Waals surface area (Å²) in [6, 6.07) is 16.0. The number of thioether (sulfide) groups is 1. The molecule has 26 heavy (non-hydrogen) atoms. The van der Waals surface area contributed by atoms with Gasteiger partial charge in [-0.1, -0.05) is 30.3 Å². The fourth-order valence-corrected chi connectivity index (χ4v) is 2.94. The summed E-state index contributed by atoms with van der Waals surface area (Å²) < 4.78 is 0. The van der Waals surface area contributed by atoms with Crippen molar-refractivity contribution in [1.82, 2.24) is 10.6 Å². The number of amides is 2. The van der Waals surface area contributed by atoms with Crippen molar-refractivity contribution < 1.29 is 9.59 Å². The highest BCUT2D eigenvalue weighted by molar-refractivity contribution is 7.98. The summed E-state index contributed by atoms with van der Waals surface area (Å²) in [5.74, 6) is 0.412. The number of carbonyl (C=O) groups excluding carboxylic acids is 2. The third-order valence-electron chi connectivity index (χ3n) is 3.96. The van der Waals surface area contributed by atoms with E-state index in [9.17, 15) is 9.59 Å². The lowest BCUT2D eigenvalue weighted by molar-refractivity contribution is -0.122. The van der Waals surface area contributed by atoms with E-state index in [1.807, 2.05) is 36.6 Å². The Balaban J connectivity index is 1.89. The van der Waals surface area contributed by atoms with E-state index in [-0.39, 0.29) is 11.8 Å². The molecule has 2 amide bonds. The molecule has 0 aliphatic carbocycles. The van der Waals surface area contributed by atoms with Crippen molar-refractivity contribution in [2.75, 3.05) is 24.3 Å². The number of rotatable bonds is 9. The summed E-state index contributed by atoms with van der Waals surface area (Å²) >= 11 is 1.65. The Morgan fingerprint density at radius 2 is 1.77 bits per heavy atom. The van der Waals surface area contributed by atoms with Crippen molar-refractivity contribution in [2.45, 2.75) is 18.9 Å². The lowest BCUT2D eigenvalue weighted by atomic mass is 10.1. The maximum absolute atomic E-state index is 12.5. The lowest BCUT2D eigenvalue weighted by Crippen LogP contribution is -2.47. The Morgan fingerprint density at radius 3 is 2.42 bits per heavy atom. The minimum Gasteiger partial charge on any atom is -0.399 e. The number of carbonyl (C=O) groups is 2. The van der Waals surface area contributed by atoms with Gasteiger partial charge in [0.25, 0.3) is 5.91 Å². The Kier molecular flexibility index (Phi) is 8.02. The van der Waals surface area contributed by atoms with E-state index >= 15 is 0 Å². The van der Waals surface area contributed by atoms with Gasteiger partial charge in [0.2, 0.25) is 5.91 Å². The molecule has 138 valence electrons. The first-order valence-corrected chi connectivity index (χ1v) is 9.96. The van der Waals surface area contributed by atoms with Gasteiger partial charge in [0.15, 0.2) is 0 Å². The minimum absolute atomic E-state index is 0.154. The third-order valence-corrected chi connectivity index (χ3v) is 4.61. The van der Waals surface area contributed by atoms with Crippen molar-refractivity contribution >= 4 is 29.3 Å². The van der Waals surface area contributed by atoms with Crippen molar-refractivity contribution in [3.63, 3.8) is 0 Å². The van der Waals surface area contributed by atoms with Crippen molar-refractivity contribution in [1.29, 1.82) is 0 Å². The molecule has 2 rings (SSSR count). The van der Waals surface area contributed by atoms with E-state index in [4.69, 9.17) is 5.73 Å². The molecule has 2 aromatic rings. The minimum atomic E-state index is -0.540. The SMILES string of the molecule is CSCCC(NC(=O)c1ccccc1)C(=O)NCCc1ccc(N)cc1. The number of nitrogens with two attached hydrogens (primary N) is 1. The lowest BCUT2D eigenvalue weighted by Gasteiger charge is -2.18. The summed E-state index contributed by atoms with van der Waals surface area (Å²) in [5, 5.41) is 5.76. The van der Waals surface area contributed by atoms with Crippen LogP contribution in [0.1, 0.15) is 22.3 Å². The highest BCUT2D eigenvalue weighted by Gasteiger charge is 2.20. The highest BCUT2D eigenvalue weighted by atomic mass is 32.2. The largest absolute Gasteiger partial charge is 0.399 e. The molecule has 0 aliphatic rings. The second kappa shape index (κ2) is 10.5. The van der Waals surface area contributed by atoms with Crippen LogP contribution in [0, 0.1) is 0 Å². The van der Waals surface area contributed by atoms with Gasteiger partial charge < -0.3 is 16.4 Å². The second-order valence-electron chi connectivity index (χ2n) is 5.96. The van der Waals surface area contributed by atoms with Gasteiger partial charge in [-0.2, -0.15) is 11.8 Å². The third kappa shape index (κ3) is 6.44. The molecule has 0 bridgehead atoms. The number of hydrogen-bond acceptors (Lipinski definition) is 4. The van der Waals surface area contributed by atoms with Gasteiger partial charge in [-0.15, -0.1) is 0 Å². The van der Waals surface area contributed by atoms with E-state index in [0.29, 0.717) is 24.9 Å². The molecule has 0 saturated carbocycles. The normalized spacial score (nSPS) is 11.6. The van der Waals surface area contributed by atoms with Crippen LogP contribution >= 0.6 is 11.8 Å². The number of hydrogen-bond donors (Lipinski definition) is 3. The predicted octanol–water partition coefficient (Wildman–Crippen LogP) is 2.48. The van der Waals surface area contributed by atoms with Gasteiger partial charge in [0, 0.05) is 17.8 Å². The number of nitrogen functional groups attached to an aromatic ring is 1. The summed E-state index contributed by atoms with van der Waals surface area (Å²) in [4.78, 5) is 24.8. The monoisotopic (exact) mass is 371 g/mol. The Morgan fingerprint density at radius 1 is 1.08 bits per heavy atom. The highest BCUT2D eigenvalue weighted by Crippen LogP contribution is 2.07. The predicted molar refractivity (Wildman–Crippen MR) is 108 cm³/mol. The molecule has 0 saturated heterocycles. The molecule has 0 aromatic heterocycles. The first-order chi connectivity index (χ1) is 12.6. The van der Waals surface area contributed by atoms with Gasteiger partial charge in [-0.05, 0) is 54.7 Å². The number of benzene rings is 2. The summed E-state index contributed by atoms with van der Waals surface area (Å²) in [6.07, 6.45) is 3.29. The van der Waals surface area contributed by atoms with E-state index in [1.165, 1.54) is 0 Å². The van der Waals surface area contributed by atoms with Gasteiger partial charge in [-0.3, -0.25) is 9.59 Å². The molecular formula is C20H25N3O2S. The first-order valence-electron chi connectivity index (χ1n) is 8.57. The van der Waals surface area contributed by atoms with Crippen LogP contribution in [0.2, 0.25) is 0 Å². The van der Waals surface area contributed by atoms with E-state index < -0.39 is 6.04 Å². The summed E-state index contributed by atoms with van der Waals surface area (Å²) in [7, 11) is 0.